The van der Waals surface area contributed by atoms with Crippen LogP contribution in [0.2, 0.25) is 0 Å². The third kappa shape index (κ3) is 5.82. The molecule has 0 bridgehead atoms. The van der Waals surface area contributed by atoms with Gasteiger partial charge in [0.1, 0.15) is 6.61 Å². The Morgan fingerprint density at radius 2 is 1.68 bits per heavy atom. The lowest BCUT2D eigenvalue weighted by Crippen LogP contribution is -2.62. The molecule has 3 N–H and O–H groups in total. The second kappa shape index (κ2) is 10.4. The van der Waals surface area contributed by atoms with E-state index in [1.54, 1.807) is 0 Å². The van der Waals surface area contributed by atoms with E-state index >= 15 is 0 Å². The number of morpholine rings is 1. The number of hydrogen-bond acceptors (Lipinski definition) is 7. The number of aliphatic hydroxyl groups is 2. The van der Waals surface area contributed by atoms with Gasteiger partial charge in [-0.15, -0.1) is 0 Å². The minimum absolute atomic E-state index is 0.0560. The summed E-state index contributed by atoms with van der Waals surface area (Å²) in [5.41, 5.74) is 0.206. The van der Waals surface area contributed by atoms with Crippen LogP contribution in [-0.4, -0.2) is 84.2 Å². The molecule has 0 aromatic carbocycles. The molecule has 5 aliphatic rings. The van der Waals surface area contributed by atoms with Gasteiger partial charge < -0.3 is 14.9 Å². The standard InChI is InChI=1S/C27H45NO4.CH4O3S/c1-25(2)16-28(11-12-32-25)22-14-27(4)17(13-23(22)30)5-6-18-19-7-8-21(24(31)15-29)26(19,3)10-9-20(18)27;1-5(2,3)4/h17-23,29-30H,5-16H2,1-4H3;1H3,(H,2,3,4)/t17-,18-,19-,20-,21+,22-,23-,26-,27-;/m0./s1. The maximum absolute atomic E-state index is 12.5. The first-order valence-electron chi connectivity index (χ1n) is 14.2. The summed E-state index contributed by atoms with van der Waals surface area (Å²) in [5, 5.41) is 20.8. The van der Waals surface area contributed by atoms with E-state index < -0.39 is 10.1 Å². The molecule has 9 heteroatoms. The minimum atomic E-state index is -3.67. The van der Waals surface area contributed by atoms with Gasteiger partial charge in [0, 0.05) is 25.0 Å². The van der Waals surface area contributed by atoms with E-state index in [1.807, 2.05) is 0 Å². The van der Waals surface area contributed by atoms with Gasteiger partial charge in [-0.1, -0.05) is 13.8 Å². The van der Waals surface area contributed by atoms with Crippen molar-refractivity contribution >= 4 is 15.9 Å². The first-order chi connectivity index (χ1) is 17.1. The van der Waals surface area contributed by atoms with Gasteiger partial charge in [-0.25, -0.2) is 0 Å². The van der Waals surface area contributed by atoms with E-state index in [0.29, 0.717) is 29.9 Å². The van der Waals surface area contributed by atoms with Gasteiger partial charge in [0.05, 0.1) is 24.6 Å². The second-order valence-corrected chi connectivity index (χ2v) is 15.3. The highest BCUT2D eigenvalue weighted by Gasteiger charge is 2.62. The molecule has 5 rings (SSSR count). The number of nitrogens with zero attached hydrogens (tertiary/aromatic N) is 1. The van der Waals surface area contributed by atoms with Crippen LogP contribution >= 0.6 is 0 Å². The molecule has 0 unspecified atom stereocenters. The number of carbonyl (C=O) groups is 1. The molecule has 0 spiro atoms. The van der Waals surface area contributed by atoms with Crippen LogP contribution in [0.15, 0.2) is 0 Å². The molecule has 0 radical (unpaired) electrons. The molecular formula is C28H49NO7S. The van der Waals surface area contributed by atoms with E-state index in [9.17, 15) is 23.4 Å². The lowest BCUT2D eigenvalue weighted by Gasteiger charge is -2.63. The number of Topliss-reactive ketones (excluding diaryl/α,β-unsaturated/α-hetero) is 1. The normalized spacial score (nSPS) is 45.6. The molecule has 5 fully saturated rings. The maximum Gasteiger partial charge on any atom is 0.261 e. The van der Waals surface area contributed by atoms with Crippen LogP contribution in [0.5, 0.6) is 0 Å². The summed E-state index contributed by atoms with van der Waals surface area (Å²) in [6, 6.07) is 0.235. The molecule has 1 saturated heterocycles. The van der Waals surface area contributed by atoms with Crippen LogP contribution < -0.4 is 0 Å². The summed E-state index contributed by atoms with van der Waals surface area (Å²) in [4.78, 5) is 15.1. The Morgan fingerprint density at radius 3 is 2.30 bits per heavy atom. The van der Waals surface area contributed by atoms with E-state index in [-0.39, 0.29) is 46.9 Å². The van der Waals surface area contributed by atoms with E-state index in [1.165, 1.54) is 19.3 Å². The molecule has 4 saturated carbocycles. The van der Waals surface area contributed by atoms with Crippen LogP contribution in [0.3, 0.4) is 0 Å². The first-order valence-corrected chi connectivity index (χ1v) is 16.1. The predicted octanol–water partition coefficient (Wildman–Crippen LogP) is 3.16. The van der Waals surface area contributed by atoms with Crippen LogP contribution in [0, 0.1) is 40.4 Å². The van der Waals surface area contributed by atoms with Crippen molar-refractivity contribution in [2.45, 2.75) is 96.8 Å². The molecule has 8 nitrogen and oxygen atoms in total. The van der Waals surface area contributed by atoms with Gasteiger partial charge in [0.2, 0.25) is 0 Å². The molecule has 0 aromatic rings. The number of carbonyl (C=O) groups excluding carboxylic acids is 1. The second-order valence-electron chi connectivity index (χ2n) is 13.8. The summed E-state index contributed by atoms with van der Waals surface area (Å²) < 4.78 is 31.8. The number of fused-ring (bicyclic) bond motifs is 5. The number of ether oxygens (including phenoxy) is 1. The van der Waals surface area contributed by atoms with Gasteiger partial charge in [0.15, 0.2) is 5.78 Å². The predicted molar refractivity (Wildman–Crippen MR) is 142 cm³/mol. The lowest BCUT2D eigenvalue weighted by atomic mass is 9.44. The molecule has 1 heterocycles. The zero-order valence-electron chi connectivity index (χ0n) is 23.4. The maximum atomic E-state index is 12.5. The largest absolute Gasteiger partial charge is 0.391 e. The fourth-order valence-corrected chi connectivity index (χ4v) is 9.62. The van der Waals surface area contributed by atoms with Gasteiger partial charge in [-0.05, 0) is 99.7 Å². The smallest absolute Gasteiger partial charge is 0.261 e. The average Bonchev–Trinajstić information content (AvgIpc) is 3.14. The van der Waals surface area contributed by atoms with Crippen molar-refractivity contribution in [2.24, 2.45) is 40.4 Å². The van der Waals surface area contributed by atoms with Gasteiger partial charge in [0.25, 0.3) is 10.1 Å². The molecule has 37 heavy (non-hydrogen) atoms. The summed E-state index contributed by atoms with van der Waals surface area (Å²) in [6.45, 7) is 11.5. The third-order valence-corrected chi connectivity index (χ3v) is 11.2. The van der Waals surface area contributed by atoms with E-state index in [2.05, 4.69) is 32.6 Å². The van der Waals surface area contributed by atoms with Gasteiger partial charge >= 0.3 is 0 Å². The average molecular weight is 544 g/mol. The zero-order valence-corrected chi connectivity index (χ0v) is 24.2. The summed E-state index contributed by atoms with van der Waals surface area (Å²) >= 11 is 0. The van der Waals surface area contributed by atoms with Crippen molar-refractivity contribution in [3.05, 3.63) is 0 Å². The van der Waals surface area contributed by atoms with Crippen LogP contribution in [0.25, 0.3) is 0 Å². The molecule has 4 aliphatic carbocycles. The van der Waals surface area contributed by atoms with Gasteiger partial charge in [-0.3, -0.25) is 14.2 Å². The van der Waals surface area contributed by atoms with Crippen LogP contribution in [0.1, 0.15) is 79.1 Å². The molecule has 0 amide bonds. The van der Waals surface area contributed by atoms with Crippen LogP contribution in [-0.2, 0) is 19.6 Å². The van der Waals surface area contributed by atoms with Crippen molar-refractivity contribution in [1.29, 1.82) is 0 Å². The molecule has 9 atom stereocenters. The molecule has 1 aliphatic heterocycles. The van der Waals surface area contributed by atoms with Crippen molar-refractivity contribution in [3.63, 3.8) is 0 Å². The highest BCUT2D eigenvalue weighted by atomic mass is 32.2. The zero-order chi connectivity index (χ0) is 27.4. The molecule has 0 aromatic heterocycles. The summed E-state index contributed by atoms with van der Waals surface area (Å²) in [7, 11) is -3.67. The molecule has 214 valence electrons. The van der Waals surface area contributed by atoms with Crippen molar-refractivity contribution < 1.29 is 32.7 Å². The highest BCUT2D eigenvalue weighted by molar-refractivity contribution is 7.85. The Balaban J connectivity index is 0.000000586. The van der Waals surface area contributed by atoms with E-state index in [0.717, 1.165) is 51.8 Å². The monoisotopic (exact) mass is 543 g/mol. The van der Waals surface area contributed by atoms with Gasteiger partial charge in [-0.2, -0.15) is 8.42 Å². The summed E-state index contributed by atoms with van der Waals surface area (Å²) in [5.74, 6) is 2.76. The summed E-state index contributed by atoms with van der Waals surface area (Å²) in [6.07, 6.45) is 9.44. The Labute approximate surface area is 223 Å². The number of hydrogen-bond donors (Lipinski definition) is 3. The van der Waals surface area contributed by atoms with E-state index in [4.69, 9.17) is 9.29 Å². The first kappa shape index (κ1) is 29.4. The Bertz CT molecular complexity index is 946. The number of rotatable bonds is 3. The van der Waals surface area contributed by atoms with Crippen molar-refractivity contribution in [2.75, 3.05) is 32.6 Å². The third-order valence-electron chi connectivity index (χ3n) is 11.2. The fraction of sp³-hybridized carbons (Fsp3) is 0.964. The number of aliphatic hydroxyl groups excluding tert-OH is 2. The quantitative estimate of drug-likeness (QED) is 0.464. The Morgan fingerprint density at radius 1 is 1.03 bits per heavy atom. The minimum Gasteiger partial charge on any atom is -0.391 e. The van der Waals surface area contributed by atoms with Crippen LogP contribution in [0.4, 0.5) is 0 Å². The van der Waals surface area contributed by atoms with Crippen molar-refractivity contribution in [1.82, 2.24) is 4.90 Å². The number of ketones is 1. The lowest BCUT2D eigenvalue weighted by molar-refractivity contribution is -0.169. The fourth-order valence-electron chi connectivity index (χ4n) is 9.62. The molecular weight excluding hydrogens is 494 g/mol. The SMILES string of the molecule is CC1(C)CN([C@H]2C[C@@]3(C)[C@@H](CC[C@@H]4[C@@H]3CC[C@]3(C)[C@@H](C(=O)CO)CC[C@@H]43)C[C@@H]2O)CCO1.CS(=O)(=O)O. The topological polar surface area (TPSA) is 124 Å². The highest BCUT2D eigenvalue weighted by Crippen LogP contribution is 2.67. The van der Waals surface area contributed by atoms with Crippen molar-refractivity contribution in [3.8, 4) is 0 Å². The Hall–Kier alpha value is -0.580. The Kier molecular flexibility index (Phi) is 8.29.